The number of aliphatic hydroxyl groups is 1. The van der Waals surface area contributed by atoms with Crippen LogP contribution in [0.15, 0.2) is 36.5 Å². The van der Waals surface area contributed by atoms with E-state index in [-0.39, 0.29) is 12.3 Å². The molecule has 0 unspecified atom stereocenters. The SMILES string of the molecule is O=C(CC1(O)CCCC1)Nc1ccnn1-c1cccc(Cl)c1. The number of rotatable bonds is 4. The van der Waals surface area contributed by atoms with Gasteiger partial charge in [0.1, 0.15) is 5.82 Å². The number of benzene rings is 1. The van der Waals surface area contributed by atoms with Crippen LogP contribution in [-0.4, -0.2) is 26.4 Å². The molecule has 3 rings (SSSR count). The number of hydrogen-bond acceptors (Lipinski definition) is 3. The molecule has 2 aromatic rings. The van der Waals surface area contributed by atoms with Crippen LogP contribution in [0.2, 0.25) is 5.02 Å². The zero-order chi connectivity index (χ0) is 15.6. The molecule has 1 fully saturated rings. The minimum absolute atomic E-state index is 0.119. The average Bonchev–Trinajstić information content (AvgIpc) is 3.08. The topological polar surface area (TPSA) is 67.2 Å². The molecule has 0 aliphatic heterocycles. The van der Waals surface area contributed by atoms with Crippen LogP contribution in [-0.2, 0) is 4.79 Å². The number of halogens is 1. The third kappa shape index (κ3) is 3.31. The Labute approximate surface area is 133 Å². The van der Waals surface area contributed by atoms with Crippen molar-refractivity contribution < 1.29 is 9.90 Å². The molecule has 5 nitrogen and oxygen atoms in total. The Balaban J connectivity index is 1.74. The van der Waals surface area contributed by atoms with Gasteiger partial charge in [-0.1, -0.05) is 30.5 Å². The number of nitrogens with zero attached hydrogens (tertiary/aromatic N) is 2. The van der Waals surface area contributed by atoms with Crippen LogP contribution >= 0.6 is 11.6 Å². The van der Waals surface area contributed by atoms with E-state index in [1.807, 2.05) is 12.1 Å². The van der Waals surface area contributed by atoms with Crippen molar-refractivity contribution in [3.8, 4) is 5.69 Å². The van der Waals surface area contributed by atoms with E-state index < -0.39 is 5.60 Å². The molecular weight excluding hydrogens is 302 g/mol. The van der Waals surface area contributed by atoms with Gasteiger partial charge in [-0.2, -0.15) is 5.10 Å². The second-order valence-electron chi connectivity index (χ2n) is 5.76. The Morgan fingerprint density at radius 1 is 1.36 bits per heavy atom. The minimum atomic E-state index is -0.856. The summed E-state index contributed by atoms with van der Waals surface area (Å²) in [5, 5.41) is 17.9. The molecule has 2 N–H and O–H groups in total. The van der Waals surface area contributed by atoms with Crippen molar-refractivity contribution in [1.82, 2.24) is 9.78 Å². The fourth-order valence-electron chi connectivity index (χ4n) is 2.91. The van der Waals surface area contributed by atoms with E-state index in [9.17, 15) is 9.90 Å². The van der Waals surface area contributed by atoms with Crippen LogP contribution in [0.3, 0.4) is 0 Å². The normalized spacial score (nSPS) is 16.6. The van der Waals surface area contributed by atoms with E-state index in [4.69, 9.17) is 11.6 Å². The molecule has 116 valence electrons. The van der Waals surface area contributed by atoms with Crippen LogP contribution in [0, 0.1) is 0 Å². The van der Waals surface area contributed by atoms with Crippen LogP contribution in [0.25, 0.3) is 5.69 Å². The summed E-state index contributed by atoms with van der Waals surface area (Å²) in [6.45, 7) is 0. The van der Waals surface area contributed by atoms with Crippen molar-refractivity contribution in [2.24, 2.45) is 0 Å². The van der Waals surface area contributed by atoms with Crippen molar-refractivity contribution in [3.05, 3.63) is 41.6 Å². The number of carbonyl (C=O) groups excluding carboxylic acids is 1. The van der Waals surface area contributed by atoms with Gasteiger partial charge in [-0.3, -0.25) is 4.79 Å². The molecule has 6 heteroatoms. The Hall–Kier alpha value is -1.85. The van der Waals surface area contributed by atoms with Gasteiger partial charge in [-0.05, 0) is 31.0 Å². The summed E-state index contributed by atoms with van der Waals surface area (Å²) in [6, 6.07) is 8.96. The number of carbonyl (C=O) groups is 1. The molecule has 1 aromatic heterocycles. The fraction of sp³-hybridized carbons (Fsp3) is 0.375. The molecule has 0 radical (unpaired) electrons. The lowest BCUT2D eigenvalue weighted by Gasteiger charge is -2.21. The predicted molar refractivity (Wildman–Crippen MR) is 85.2 cm³/mol. The van der Waals surface area contributed by atoms with Gasteiger partial charge in [-0.25, -0.2) is 4.68 Å². The molecule has 22 heavy (non-hydrogen) atoms. The monoisotopic (exact) mass is 319 g/mol. The molecule has 1 amide bonds. The molecule has 0 spiro atoms. The number of hydrogen-bond donors (Lipinski definition) is 2. The molecular formula is C16H18ClN3O2. The first-order valence-electron chi connectivity index (χ1n) is 7.38. The van der Waals surface area contributed by atoms with Crippen molar-refractivity contribution in [1.29, 1.82) is 0 Å². The molecule has 1 aromatic carbocycles. The van der Waals surface area contributed by atoms with Gasteiger partial charge in [0.2, 0.25) is 5.91 Å². The molecule has 0 bridgehead atoms. The van der Waals surface area contributed by atoms with Crippen LogP contribution in [0.1, 0.15) is 32.1 Å². The number of aromatic nitrogens is 2. The summed E-state index contributed by atoms with van der Waals surface area (Å²) in [4.78, 5) is 12.2. The van der Waals surface area contributed by atoms with Crippen molar-refractivity contribution in [2.45, 2.75) is 37.7 Å². The maximum atomic E-state index is 12.2. The third-order valence-electron chi connectivity index (χ3n) is 3.99. The van der Waals surface area contributed by atoms with E-state index in [2.05, 4.69) is 10.4 Å². The Morgan fingerprint density at radius 2 is 2.14 bits per heavy atom. The first-order valence-corrected chi connectivity index (χ1v) is 7.76. The van der Waals surface area contributed by atoms with Crippen LogP contribution in [0.4, 0.5) is 5.82 Å². The lowest BCUT2D eigenvalue weighted by molar-refractivity contribution is -0.120. The Morgan fingerprint density at radius 3 is 2.86 bits per heavy atom. The molecule has 1 aliphatic rings. The van der Waals surface area contributed by atoms with Crippen molar-refractivity contribution in [3.63, 3.8) is 0 Å². The molecule has 0 saturated heterocycles. The molecule has 1 heterocycles. The maximum absolute atomic E-state index is 12.2. The van der Waals surface area contributed by atoms with E-state index in [1.54, 1.807) is 29.1 Å². The Kier molecular flexibility index (Phi) is 4.18. The van der Waals surface area contributed by atoms with Crippen molar-refractivity contribution >= 4 is 23.3 Å². The third-order valence-corrected chi connectivity index (χ3v) is 4.22. The van der Waals surface area contributed by atoms with Crippen LogP contribution < -0.4 is 5.32 Å². The second-order valence-corrected chi connectivity index (χ2v) is 6.20. The minimum Gasteiger partial charge on any atom is -0.389 e. The average molecular weight is 320 g/mol. The zero-order valence-corrected chi connectivity index (χ0v) is 12.9. The first-order chi connectivity index (χ1) is 10.6. The quantitative estimate of drug-likeness (QED) is 0.909. The van der Waals surface area contributed by atoms with E-state index >= 15 is 0 Å². The standard InChI is InChI=1S/C16H18ClN3O2/c17-12-4-3-5-13(10-12)20-14(6-9-18-20)19-15(21)11-16(22)7-1-2-8-16/h3-6,9-10,22H,1-2,7-8,11H2,(H,19,21). The molecule has 1 saturated carbocycles. The van der Waals surface area contributed by atoms with Crippen molar-refractivity contribution in [2.75, 3.05) is 5.32 Å². The predicted octanol–water partition coefficient (Wildman–Crippen LogP) is 3.16. The van der Waals surface area contributed by atoms with E-state index in [0.717, 1.165) is 18.5 Å². The van der Waals surface area contributed by atoms with Gasteiger partial charge in [0, 0.05) is 11.1 Å². The Bertz CT molecular complexity index is 678. The highest BCUT2D eigenvalue weighted by Crippen LogP contribution is 2.32. The largest absolute Gasteiger partial charge is 0.389 e. The van der Waals surface area contributed by atoms with Crippen LogP contribution in [0.5, 0.6) is 0 Å². The number of anilines is 1. The summed E-state index contributed by atoms with van der Waals surface area (Å²) in [5.74, 6) is 0.363. The summed E-state index contributed by atoms with van der Waals surface area (Å²) >= 11 is 5.99. The highest BCUT2D eigenvalue weighted by molar-refractivity contribution is 6.30. The lowest BCUT2D eigenvalue weighted by Crippen LogP contribution is -2.31. The summed E-state index contributed by atoms with van der Waals surface area (Å²) in [6.07, 6.45) is 5.06. The fourth-order valence-corrected chi connectivity index (χ4v) is 3.09. The second kappa shape index (κ2) is 6.10. The van der Waals surface area contributed by atoms with E-state index in [1.165, 1.54) is 0 Å². The van der Waals surface area contributed by atoms with E-state index in [0.29, 0.717) is 23.7 Å². The van der Waals surface area contributed by atoms with Gasteiger partial charge in [-0.15, -0.1) is 0 Å². The first kappa shape index (κ1) is 15.1. The lowest BCUT2D eigenvalue weighted by atomic mass is 9.98. The summed E-state index contributed by atoms with van der Waals surface area (Å²) in [5.41, 5.74) is -0.0854. The van der Waals surface area contributed by atoms with Gasteiger partial charge in [0.25, 0.3) is 0 Å². The van der Waals surface area contributed by atoms with Gasteiger partial charge in [0.05, 0.1) is 23.9 Å². The molecule has 0 atom stereocenters. The maximum Gasteiger partial charge on any atom is 0.228 e. The van der Waals surface area contributed by atoms with Gasteiger partial charge in [0.15, 0.2) is 0 Å². The smallest absolute Gasteiger partial charge is 0.228 e. The highest BCUT2D eigenvalue weighted by atomic mass is 35.5. The summed E-state index contributed by atoms with van der Waals surface area (Å²) in [7, 11) is 0. The van der Waals surface area contributed by atoms with Gasteiger partial charge < -0.3 is 10.4 Å². The summed E-state index contributed by atoms with van der Waals surface area (Å²) < 4.78 is 1.61. The number of amides is 1. The zero-order valence-electron chi connectivity index (χ0n) is 12.1. The molecule has 1 aliphatic carbocycles. The highest BCUT2D eigenvalue weighted by Gasteiger charge is 2.33. The van der Waals surface area contributed by atoms with Gasteiger partial charge >= 0.3 is 0 Å². The number of nitrogens with one attached hydrogen (secondary N) is 1.